The van der Waals surface area contributed by atoms with Gasteiger partial charge in [0.2, 0.25) is 0 Å². The smallest absolute Gasteiger partial charge is 0.333 e. The lowest BCUT2D eigenvalue weighted by Gasteiger charge is -2.38. The van der Waals surface area contributed by atoms with Crippen molar-refractivity contribution in [1.82, 2.24) is 0 Å². The van der Waals surface area contributed by atoms with Crippen LogP contribution in [-0.2, 0) is 18.4 Å². The maximum atomic E-state index is 11.3. The number of hydrogen-bond acceptors (Lipinski definition) is 5. The van der Waals surface area contributed by atoms with Crippen LogP contribution in [0.4, 0.5) is 0 Å². The van der Waals surface area contributed by atoms with E-state index in [-0.39, 0.29) is 6.61 Å². The zero-order chi connectivity index (χ0) is 24.1. The first kappa shape index (κ1) is 30.7. The van der Waals surface area contributed by atoms with Crippen LogP contribution in [0.5, 0.6) is 0 Å². The number of ether oxygens (including phenoxy) is 2. The van der Waals surface area contributed by atoms with Gasteiger partial charge in [-0.25, -0.2) is 4.79 Å². The molecule has 0 aromatic carbocycles. The van der Waals surface area contributed by atoms with Gasteiger partial charge in [-0.05, 0) is 64.1 Å². The molecule has 0 heterocycles. The van der Waals surface area contributed by atoms with E-state index in [4.69, 9.17) is 13.6 Å². The lowest BCUT2D eigenvalue weighted by atomic mass is 10.2. The van der Waals surface area contributed by atoms with Crippen molar-refractivity contribution in [1.29, 1.82) is 0 Å². The van der Waals surface area contributed by atoms with Gasteiger partial charge in [0.05, 0.1) is 6.10 Å². The fraction of sp³-hybridized carbons (Fsp3) is 0.870. The molecule has 8 heteroatoms. The number of aliphatic hydroxyl groups excluding tert-OH is 1. The highest BCUT2D eigenvalue weighted by Gasteiger charge is 2.37. The van der Waals surface area contributed by atoms with E-state index in [1.54, 1.807) is 6.92 Å². The van der Waals surface area contributed by atoms with Crippen molar-refractivity contribution in [3.05, 3.63) is 12.2 Å². The number of esters is 1. The van der Waals surface area contributed by atoms with Crippen LogP contribution in [-0.4, -0.2) is 61.7 Å². The highest BCUT2D eigenvalue weighted by molar-refractivity contribution is 6.96. The molecule has 0 aromatic heterocycles. The zero-order valence-electron chi connectivity index (χ0n) is 21.6. The highest BCUT2D eigenvalue weighted by atomic mass is 28.4. The molecule has 0 saturated heterocycles. The average molecular weight is 491 g/mol. The van der Waals surface area contributed by atoms with Crippen LogP contribution in [0.15, 0.2) is 12.2 Å². The molecule has 0 spiro atoms. The fourth-order valence-electron chi connectivity index (χ4n) is 4.23. The summed E-state index contributed by atoms with van der Waals surface area (Å²) in [4.78, 5) is 11.3. The number of rotatable bonds is 18. The molecule has 31 heavy (non-hydrogen) atoms. The molecule has 0 aliphatic heterocycles. The molecule has 0 radical (unpaired) electrons. The third-order valence-electron chi connectivity index (χ3n) is 5.31. The summed E-state index contributed by atoms with van der Waals surface area (Å²) >= 11 is 0. The minimum atomic E-state index is -1.68. The van der Waals surface area contributed by atoms with Crippen LogP contribution in [0.1, 0.15) is 46.0 Å². The molecule has 0 saturated carbocycles. The molecule has 0 aliphatic rings. The standard InChI is InChI=1S/C23H50O5Si3/c1-10-11-17-29(4,5)20-31(8,9)28-30(6,7)18-13-16-26-15-12-14-22(24)19-27-23(25)21(2)3/h22,24H,2,10-20H2,1,3-9H3. The second kappa shape index (κ2) is 14.8. The highest BCUT2D eigenvalue weighted by Crippen LogP contribution is 2.29. The molecule has 0 aromatic rings. The number of carbonyl (C=O) groups excluding carboxylic acids is 1. The van der Waals surface area contributed by atoms with Gasteiger partial charge in [0.15, 0.2) is 16.6 Å². The third-order valence-corrected chi connectivity index (χ3v) is 20.2. The van der Waals surface area contributed by atoms with Gasteiger partial charge in [0.25, 0.3) is 0 Å². The van der Waals surface area contributed by atoms with Gasteiger partial charge in [-0.2, -0.15) is 0 Å². The summed E-state index contributed by atoms with van der Waals surface area (Å²) in [5.41, 5.74) is 1.70. The van der Waals surface area contributed by atoms with Crippen molar-refractivity contribution in [3.8, 4) is 0 Å². The van der Waals surface area contributed by atoms with Crippen molar-refractivity contribution in [2.24, 2.45) is 0 Å². The maximum Gasteiger partial charge on any atom is 0.333 e. The first-order chi connectivity index (χ1) is 14.2. The summed E-state index contributed by atoms with van der Waals surface area (Å²) in [6.45, 7) is 23.4. The quantitative estimate of drug-likeness (QED) is 0.108. The molecule has 0 bridgehead atoms. The molecule has 0 amide bonds. The number of unbranched alkanes of at least 4 members (excludes halogenated alkanes) is 1. The Morgan fingerprint density at radius 2 is 1.58 bits per heavy atom. The Labute approximate surface area is 195 Å². The first-order valence-electron chi connectivity index (χ1n) is 12.0. The second-order valence-electron chi connectivity index (χ2n) is 11.0. The van der Waals surface area contributed by atoms with E-state index < -0.39 is 36.8 Å². The van der Waals surface area contributed by atoms with Gasteiger partial charge in [0, 0.05) is 26.9 Å². The Kier molecular flexibility index (Phi) is 14.7. The molecule has 0 aliphatic carbocycles. The van der Waals surface area contributed by atoms with E-state index in [9.17, 15) is 9.90 Å². The summed E-state index contributed by atoms with van der Waals surface area (Å²) in [6.07, 6.45) is 4.34. The summed E-state index contributed by atoms with van der Waals surface area (Å²) in [5, 5.41) is 9.86. The van der Waals surface area contributed by atoms with E-state index in [1.807, 2.05) is 0 Å². The molecule has 0 fully saturated rings. The summed E-state index contributed by atoms with van der Waals surface area (Å²) in [7, 11) is -4.46. The van der Waals surface area contributed by atoms with Crippen LogP contribution in [0.25, 0.3) is 0 Å². The van der Waals surface area contributed by atoms with Gasteiger partial charge in [-0.3, -0.25) is 0 Å². The fourth-order valence-corrected chi connectivity index (χ4v) is 23.8. The molecule has 0 rings (SSSR count). The molecule has 1 N–H and O–H groups in total. The lowest BCUT2D eigenvalue weighted by molar-refractivity contribution is -0.142. The molecule has 1 unspecified atom stereocenters. The van der Waals surface area contributed by atoms with Crippen LogP contribution >= 0.6 is 0 Å². The van der Waals surface area contributed by atoms with E-state index in [0.717, 1.165) is 25.5 Å². The normalized spacial score (nSPS) is 13.8. The first-order valence-corrected chi connectivity index (χ1v) is 21.6. The van der Waals surface area contributed by atoms with E-state index in [0.29, 0.717) is 18.6 Å². The Morgan fingerprint density at radius 3 is 2.16 bits per heavy atom. The van der Waals surface area contributed by atoms with E-state index in [2.05, 4.69) is 52.8 Å². The van der Waals surface area contributed by atoms with Gasteiger partial charge in [-0.1, -0.05) is 45.5 Å². The third kappa shape index (κ3) is 17.0. The zero-order valence-corrected chi connectivity index (χ0v) is 24.6. The molecular weight excluding hydrogens is 441 g/mol. The Morgan fingerprint density at radius 1 is 0.968 bits per heavy atom. The van der Waals surface area contributed by atoms with Gasteiger partial charge < -0.3 is 18.7 Å². The molecular formula is C23H50O5Si3. The van der Waals surface area contributed by atoms with Gasteiger partial charge >= 0.3 is 5.97 Å². The SMILES string of the molecule is C=C(C)C(=O)OCC(O)CCCOCCC[Si](C)(C)O[Si](C)(C)C[Si](C)(C)CCCC. The Balaban J connectivity index is 4.04. The summed E-state index contributed by atoms with van der Waals surface area (Å²) in [6, 6.07) is 2.55. The van der Waals surface area contributed by atoms with Crippen LogP contribution in [0.3, 0.4) is 0 Å². The number of carbonyl (C=O) groups is 1. The van der Waals surface area contributed by atoms with Crippen LogP contribution < -0.4 is 0 Å². The largest absolute Gasteiger partial charge is 0.460 e. The molecule has 1 atom stereocenters. The van der Waals surface area contributed by atoms with Crippen molar-refractivity contribution in [3.63, 3.8) is 0 Å². The van der Waals surface area contributed by atoms with Crippen molar-refractivity contribution in [2.75, 3.05) is 19.8 Å². The minimum Gasteiger partial charge on any atom is -0.460 e. The predicted octanol–water partition coefficient (Wildman–Crippen LogP) is 6.13. The molecule has 5 nitrogen and oxygen atoms in total. The summed E-state index contributed by atoms with van der Waals surface area (Å²) in [5.74, 6) is -0.456. The monoisotopic (exact) mass is 490 g/mol. The Hall–Kier alpha value is -0.259. The van der Waals surface area contributed by atoms with Crippen molar-refractivity contribution < 1.29 is 23.5 Å². The summed E-state index contributed by atoms with van der Waals surface area (Å²) < 4.78 is 17.5. The Bertz CT molecular complexity index is 535. The maximum absolute atomic E-state index is 11.3. The number of hydrogen-bond donors (Lipinski definition) is 1. The molecule has 184 valence electrons. The van der Waals surface area contributed by atoms with Crippen molar-refractivity contribution in [2.45, 2.75) is 109 Å². The van der Waals surface area contributed by atoms with Crippen molar-refractivity contribution >= 4 is 30.7 Å². The topological polar surface area (TPSA) is 65.0 Å². The minimum absolute atomic E-state index is 0.0145. The second-order valence-corrected chi connectivity index (χ2v) is 25.6. The van der Waals surface area contributed by atoms with Crippen LogP contribution in [0.2, 0.25) is 57.0 Å². The predicted molar refractivity (Wildman–Crippen MR) is 139 cm³/mol. The van der Waals surface area contributed by atoms with Gasteiger partial charge in [-0.15, -0.1) is 0 Å². The average Bonchev–Trinajstić information content (AvgIpc) is 2.61. The van der Waals surface area contributed by atoms with E-state index >= 15 is 0 Å². The number of aliphatic hydroxyl groups is 1. The lowest BCUT2D eigenvalue weighted by Crippen LogP contribution is -2.49. The van der Waals surface area contributed by atoms with Crippen LogP contribution in [0, 0.1) is 0 Å². The van der Waals surface area contributed by atoms with Gasteiger partial charge in [0.1, 0.15) is 6.61 Å². The van der Waals surface area contributed by atoms with E-state index in [1.165, 1.54) is 24.6 Å².